The number of nitrogens with zero attached hydrogens (tertiary/aromatic N) is 1. The topological polar surface area (TPSA) is 46.9 Å². The van der Waals surface area contributed by atoms with E-state index >= 15 is 0 Å². The Morgan fingerprint density at radius 1 is 1.16 bits per heavy atom. The SMILES string of the molecule is CN(CCOc1cccc(CNCc2ccco2)c1)C1CCOCC1. The van der Waals surface area contributed by atoms with E-state index < -0.39 is 0 Å². The highest BCUT2D eigenvalue weighted by atomic mass is 16.5. The summed E-state index contributed by atoms with van der Waals surface area (Å²) in [6.07, 6.45) is 3.93. The van der Waals surface area contributed by atoms with E-state index in [1.807, 2.05) is 24.3 Å². The van der Waals surface area contributed by atoms with Gasteiger partial charge in [-0.2, -0.15) is 0 Å². The quantitative estimate of drug-likeness (QED) is 0.757. The molecule has 0 radical (unpaired) electrons. The summed E-state index contributed by atoms with van der Waals surface area (Å²) in [5.41, 5.74) is 1.21. The van der Waals surface area contributed by atoms with Gasteiger partial charge in [-0.25, -0.2) is 0 Å². The molecule has 0 saturated carbocycles. The van der Waals surface area contributed by atoms with Gasteiger partial charge in [-0.05, 0) is 49.7 Å². The highest BCUT2D eigenvalue weighted by Crippen LogP contribution is 2.15. The van der Waals surface area contributed by atoms with Crippen LogP contribution in [0.5, 0.6) is 5.75 Å². The van der Waals surface area contributed by atoms with Crippen LogP contribution in [0.2, 0.25) is 0 Å². The van der Waals surface area contributed by atoms with Crippen LogP contribution in [-0.4, -0.2) is 44.4 Å². The molecule has 1 aromatic carbocycles. The van der Waals surface area contributed by atoms with Crippen molar-refractivity contribution in [2.45, 2.75) is 32.0 Å². The molecule has 1 aliphatic heterocycles. The van der Waals surface area contributed by atoms with Crippen LogP contribution < -0.4 is 10.1 Å². The summed E-state index contributed by atoms with van der Waals surface area (Å²) in [6.45, 7) is 4.92. The summed E-state index contributed by atoms with van der Waals surface area (Å²) < 4.78 is 16.7. The normalized spacial score (nSPS) is 15.6. The molecular formula is C20H28N2O3. The fraction of sp³-hybridized carbons (Fsp3) is 0.500. The predicted octanol–water partition coefficient (Wildman–Crippen LogP) is 3.06. The Morgan fingerprint density at radius 3 is 2.84 bits per heavy atom. The number of hydrogen-bond acceptors (Lipinski definition) is 5. The number of nitrogens with one attached hydrogen (secondary N) is 1. The minimum Gasteiger partial charge on any atom is -0.492 e. The van der Waals surface area contributed by atoms with Crippen molar-refractivity contribution in [3.63, 3.8) is 0 Å². The third kappa shape index (κ3) is 5.88. The molecule has 2 aromatic rings. The van der Waals surface area contributed by atoms with Crippen LogP contribution in [0.15, 0.2) is 47.1 Å². The molecule has 1 fully saturated rings. The first-order valence-electron chi connectivity index (χ1n) is 9.04. The third-order valence-corrected chi connectivity index (χ3v) is 4.63. The van der Waals surface area contributed by atoms with Gasteiger partial charge in [0.2, 0.25) is 0 Å². The number of hydrogen-bond donors (Lipinski definition) is 1. The summed E-state index contributed by atoms with van der Waals surface area (Å²) in [4.78, 5) is 2.39. The molecule has 2 heterocycles. The molecule has 1 saturated heterocycles. The van der Waals surface area contributed by atoms with Crippen molar-refractivity contribution < 1.29 is 13.9 Å². The zero-order valence-electron chi connectivity index (χ0n) is 14.9. The predicted molar refractivity (Wildman–Crippen MR) is 97.7 cm³/mol. The van der Waals surface area contributed by atoms with Crippen molar-refractivity contribution in [3.05, 3.63) is 54.0 Å². The molecule has 1 aromatic heterocycles. The first-order chi connectivity index (χ1) is 12.3. The molecule has 0 amide bonds. The zero-order valence-corrected chi connectivity index (χ0v) is 14.9. The Hall–Kier alpha value is -1.82. The van der Waals surface area contributed by atoms with Crippen LogP contribution in [0.25, 0.3) is 0 Å². The number of benzene rings is 1. The Bertz CT molecular complexity index is 609. The van der Waals surface area contributed by atoms with Gasteiger partial charge in [0.05, 0.1) is 12.8 Å². The molecule has 3 rings (SSSR count). The minimum atomic E-state index is 0.620. The molecule has 1 aliphatic rings. The van der Waals surface area contributed by atoms with Gasteiger partial charge in [-0.3, -0.25) is 4.90 Å². The Kier molecular flexibility index (Phi) is 6.91. The van der Waals surface area contributed by atoms with Gasteiger partial charge in [0.1, 0.15) is 18.1 Å². The highest BCUT2D eigenvalue weighted by Gasteiger charge is 2.17. The van der Waals surface area contributed by atoms with E-state index in [1.165, 1.54) is 5.56 Å². The van der Waals surface area contributed by atoms with Gasteiger partial charge in [0.15, 0.2) is 0 Å². The number of rotatable bonds is 9. The summed E-state index contributed by atoms with van der Waals surface area (Å²) in [5, 5.41) is 3.38. The van der Waals surface area contributed by atoms with Gasteiger partial charge in [-0.15, -0.1) is 0 Å². The summed E-state index contributed by atoms with van der Waals surface area (Å²) >= 11 is 0. The Balaban J connectivity index is 1.38. The van der Waals surface area contributed by atoms with E-state index in [0.717, 1.165) is 57.2 Å². The van der Waals surface area contributed by atoms with Crippen molar-refractivity contribution in [1.29, 1.82) is 0 Å². The summed E-state index contributed by atoms with van der Waals surface area (Å²) in [7, 11) is 2.17. The van der Waals surface area contributed by atoms with Crippen LogP contribution in [0, 0.1) is 0 Å². The van der Waals surface area contributed by atoms with Crippen molar-refractivity contribution >= 4 is 0 Å². The molecule has 1 N–H and O–H groups in total. The minimum absolute atomic E-state index is 0.620. The second-order valence-corrected chi connectivity index (χ2v) is 6.50. The fourth-order valence-corrected chi connectivity index (χ4v) is 3.10. The first kappa shape index (κ1) is 18.0. The molecule has 5 nitrogen and oxygen atoms in total. The van der Waals surface area contributed by atoms with Crippen LogP contribution in [0.4, 0.5) is 0 Å². The molecule has 0 atom stereocenters. The van der Waals surface area contributed by atoms with Crippen LogP contribution in [0.1, 0.15) is 24.2 Å². The maximum absolute atomic E-state index is 5.94. The van der Waals surface area contributed by atoms with Crippen LogP contribution in [-0.2, 0) is 17.8 Å². The standard InChI is InChI=1S/C20H28N2O3/c1-22(18-7-11-23-12-8-18)9-13-25-19-5-2-4-17(14-19)15-21-16-20-6-3-10-24-20/h2-6,10,14,18,21H,7-9,11-13,15-16H2,1H3. The Morgan fingerprint density at radius 2 is 2.04 bits per heavy atom. The van der Waals surface area contributed by atoms with E-state index in [9.17, 15) is 0 Å². The van der Waals surface area contributed by atoms with Crippen molar-refractivity contribution in [3.8, 4) is 5.75 Å². The highest BCUT2D eigenvalue weighted by molar-refractivity contribution is 5.28. The number of furan rings is 1. The van der Waals surface area contributed by atoms with E-state index in [4.69, 9.17) is 13.9 Å². The summed E-state index contributed by atoms with van der Waals surface area (Å²) in [5.74, 6) is 1.88. The molecule has 136 valence electrons. The monoisotopic (exact) mass is 344 g/mol. The second kappa shape index (κ2) is 9.61. The third-order valence-electron chi connectivity index (χ3n) is 4.63. The largest absolute Gasteiger partial charge is 0.492 e. The van der Waals surface area contributed by atoms with E-state index in [2.05, 4.69) is 29.4 Å². The lowest BCUT2D eigenvalue weighted by atomic mass is 10.1. The average molecular weight is 344 g/mol. The fourth-order valence-electron chi connectivity index (χ4n) is 3.10. The van der Waals surface area contributed by atoms with Gasteiger partial charge in [0.25, 0.3) is 0 Å². The maximum Gasteiger partial charge on any atom is 0.119 e. The lowest BCUT2D eigenvalue weighted by molar-refractivity contribution is 0.0392. The molecule has 25 heavy (non-hydrogen) atoms. The lowest BCUT2D eigenvalue weighted by Gasteiger charge is -2.31. The van der Waals surface area contributed by atoms with Crippen molar-refractivity contribution in [1.82, 2.24) is 10.2 Å². The van der Waals surface area contributed by atoms with Crippen molar-refractivity contribution in [2.24, 2.45) is 0 Å². The summed E-state index contributed by atoms with van der Waals surface area (Å²) in [6, 6.07) is 12.8. The van der Waals surface area contributed by atoms with Gasteiger partial charge in [-0.1, -0.05) is 12.1 Å². The molecule has 5 heteroatoms. The molecular weight excluding hydrogens is 316 g/mol. The second-order valence-electron chi connectivity index (χ2n) is 6.50. The van der Waals surface area contributed by atoms with Crippen LogP contribution >= 0.6 is 0 Å². The number of likely N-dealkylation sites (N-methyl/N-ethyl adjacent to an activating group) is 1. The van der Waals surface area contributed by atoms with Crippen LogP contribution in [0.3, 0.4) is 0 Å². The van der Waals surface area contributed by atoms with E-state index in [0.29, 0.717) is 12.6 Å². The van der Waals surface area contributed by atoms with Gasteiger partial charge in [0, 0.05) is 32.3 Å². The number of ether oxygens (including phenoxy) is 2. The lowest BCUT2D eigenvalue weighted by Crippen LogP contribution is -2.38. The van der Waals surface area contributed by atoms with Crippen molar-refractivity contribution in [2.75, 3.05) is 33.4 Å². The Labute approximate surface area is 149 Å². The first-order valence-corrected chi connectivity index (χ1v) is 9.04. The average Bonchev–Trinajstić information content (AvgIpc) is 3.16. The van der Waals surface area contributed by atoms with Gasteiger partial charge >= 0.3 is 0 Å². The smallest absolute Gasteiger partial charge is 0.119 e. The molecule has 0 unspecified atom stereocenters. The van der Waals surface area contributed by atoms with E-state index in [1.54, 1.807) is 6.26 Å². The molecule has 0 spiro atoms. The van der Waals surface area contributed by atoms with Gasteiger partial charge < -0.3 is 19.2 Å². The van der Waals surface area contributed by atoms with E-state index in [-0.39, 0.29) is 0 Å². The maximum atomic E-state index is 5.94. The molecule has 0 aliphatic carbocycles. The molecule has 0 bridgehead atoms. The zero-order chi connectivity index (χ0) is 17.3.